The molecule has 3 rings (SSSR count). The Morgan fingerprint density at radius 1 is 1.19 bits per heavy atom. The van der Waals surface area contributed by atoms with Gasteiger partial charge in [-0.1, -0.05) is 35.0 Å². The van der Waals surface area contributed by atoms with Gasteiger partial charge in [-0.05, 0) is 53.7 Å². The minimum atomic E-state index is -0.0923. The summed E-state index contributed by atoms with van der Waals surface area (Å²) in [5, 5.41) is 13.1. The molecule has 5 nitrogen and oxygen atoms in total. The molecule has 3 aromatic rings. The van der Waals surface area contributed by atoms with Crippen molar-refractivity contribution in [3.63, 3.8) is 0 Å². The molecule has 1 aromatic carbocycles. The Morgan fingerprint density at radius 2 is 1.93 bits per heavy atom. The van der Waals surface area contributed by atoms with E-state index in [1.165, 1.54) is 5.56 Å². The van der Waals surface area contributed by atoms with Crippen LogP contribution in [0.5, 0.6) is 0 Å². The Morgan fingerprint density at radius 3 is 2.56 bits per heavy atom. The Balaban J connectivity index is 1.78. The van der Waals surface area contributed by atoms with Gasteiger partial charge in [0.25, 0.3) is 0 Å². The van der Waals surface area contributed by atoms with Crippen molar-refractivity contribution in [1.29, 1.82) is 0 Å². The van der Waals surface area contributed by atoms with Crippen LogP contribution in [0, 0.1) is 13.8 Å². The number of nitrogens with one attached hydrogen (secondary N) is 1. The Hall–Kier alpha value is -2.11. The van der Waals surface area contributed by atoms with Gasteiger partial charge in [0.05, 0.1) is 21.9 Å². The van der Waals surface area contributed by atoms with Crippen molar-refractivity contribution >= 4 is 11.6 Å². The van der Waals surface area contributed by atoms with Gasteiger partial charge in [0.1, 0.15) is 5.76 Å². The Labute approximate surface area is 165 Å². The molecule has 0 radical (unpaired) electrons. The zero-order valence-corrected chi connectivity index (χ0v) is 17.4. The normalized spacial score (nSPS) is 11.9. The van der Waals surface area contributed by atoms with E-state index in [0.29, 0.717) is 5.02 Å². The van der Waals surface area contributed by atoms with Crippen LogP contribution in [-0.4, -0.2) is 21.5 Å². The Bertz CT molecular complexity index is 901. The molecule has 0 spiro atoms. The third-order valence-electron chi connectivity index (χ3n) is 4.65. The molecule has 27 heavy (non-hydrogen) atoms. The van der Waals surface area contributed by atoms with Crippen molar-refractivity contribution in [3.8, 4) is 11.3 Å². The van der Waals surface area contributed by atoms with Crippen molar-refractivity contribution in [2.24, 2.45) is 0 Å². The number of halogens is 1. The van der Waals surface area contributed by atoms with Crippen LogP contribution in [-0.2, 0) is 18.5 Å². The fourth-order valence-electron chi connectivity index (χ4n) is 3.06. The van der Waals surface area contributed by atoms with E-state index in [-0.39, 0.29) is 5.54 Å². The molecular weight excluding hydrogens is 360 g/mol. The first-order valence-corrected chi connectivity index (χ1v) is 9.61. The molecule has 0 aliphatic carbocycles. The molecule has 0 bridgehead atoms. The maximum absolute atomic E-state index is 6.43. The van der Waals surface area contributed by atoms with Gasteiger partial charge >= 0.3 is 0 Å². The summed E-state index contributed by atoms with van der Waals surface area (Å²) in [6, 6.07) is 7.85. The lowest BCUT2D eigenvalue weighted by Crippen LogP contribution is -2.22. The fraction of sp³-hybridized carbons (Fsp3) is 0.429. The number of nitrogens with zero attached hydrogens (tertiary/aromatic N) is 3. The fourth-order valence-corrected chi connectivity index (χ4v) is 3.28. The number of aryl methyl sites for hydroxylation is 2. The molecule has 1 N–H and O–H groups in total. The molecule has 0 saturated heterocycles. The van der Waals surface area contributed by atoms with E-state index in [0.717, 1.165) is 47.8 Å². The van der Waals surface area contributed by atoms with Crippen molar-refractivity contribution in [1.82, 2.24) is 20.3 Å². The third-order valence-corrected chi connectivity index (χ3v) is 4.98. The van der Waals surface area contributed by atoms with Gasteiger partial charge in [-0.15, -0.1) is 0 Å². The van der Waals surface area contributed by atoms with Gasteiger partial charge in [-0.2, -0.15) is 5.10 Å². The molecule has 0 saturated carbocycles. The number of benzene rings is 1. The number of aromatic nitrogens is 3. The Kier molecular flexibility index (Phi) is 5.72. The second kappa shape index (κ2) is 7.87. The van der Waals surface area contributed by atoms with E-state index >= 15 is 0 Å². The van der Waals surface area contributed by atoms with E-state index in [1.54, 1.807) is 0 Å². The highest BCUT2D eigenvalue weighted by Crippen LogP contribution is 2.30. The van der Waals surface area contributed by atoms with Crippen molar-refractivity contribution in [2.45, 2.75) is 53.1 Å². The quantitative estimate of drug-likeness (QED) is 0.612. The molecular formula is C21H27ClN4O. The van der Waals surface area contributed by atoms with E-state index in [1.807, 2.05) is 42.8 Å². The van der Waals surface area contributed by atoms with Crippen molar-refractivity contribution in [2.75, 3.05) is 6.54 Å². The molecule has 6 heteroatoms. The highest BCUT2D eigenvalue weighted by atomic mass is 35.5. The minimum absolute atomic E-state index is 0.0923. The zero-order valence-electron chi connectivity index (χ0n) is 16.6. The summed E-state index contributed by atoms with van der Waals surface area (Å²) >= 11 is 6.43. The van der Waals surface area contributed by atoms with Crippen LogP contribution >= 0.6 is 11.6 Å². The van der Waals surface area contributed by atoms with Crippen molar-refractivity contribution in [3.05, 3.63) is 58.1 Å². The lowest BCUT2D eigenvalue weighted by Gasteiger charge is -2.18. The first-order chi connectivity index (χ1) is 12.8. The smallest absolute Gasteiger partial charge is 0.137 e. The number of hydrogen-bond acceptors (Lipinski definition) is 4. The van der Waals surface area contributed by atoms with Crippen LogP contribution < -0.4 is 5.32 Å². The second-order valence-corrected chi connectivity index (χ2v) is 8.23. The molecule has 2 heterocycles. The minimum Gasteiger partial charge on any atom is -0.361 e. The standard InChI is InChI=1S/C21H27ClN4O/c1-14-17(15(2)27-25-14)10-11-23-12-16-13-26(21(3,4)5)24-20(16)18-8-6-7-9-19(18)22/h6-9,13,23H,10-12H2,1-5H3. The summed E-state index contributed by atoms with van der Waals surface area (Å²) in [6.45, 7) is 11.9. The third kappa shape index (κ3) is 4.42. The summed E-state index contributed by atoms with van der Waals surface area (Å²) in [4.78, 5) is 0. The largest absolute Gasteiger partial charge is 0.361 e. The van der Waals surface area contributed by atoms with Crippen molar-refractivity contribution < 1.29 is 4.52 Å². The molecule has 0 atom stereocenters. The first-order valence-electron chi connectivity index (χ1n) is 9.23. The van der Waals surface area contributed by atoms with Crippen LogP contribution in [0.3, 0.4) is 0 Å². The molecule has 0 unspecified atom stereocenters. The molecule has 144 valence electrons. The van der Waals surface area contributed by atoms with Crippen LogP contribution in [0.1, 0.15) is 43.4 Å². The second-order valence-electron chi connectivity index (χ2n) is 7.83. The molecule has 0 fully saturated rings. The predicted molar refractivity (Wildman–Crippen MR) is 109 cm³/mol. The summed E-state index contributed by atoms with van der Waals surface area (Å²) in [5.41, 5.74) is 5.08. The van der Waals surface area contributed by atoms with Gasteiger partial charge in [-0.25, -0.2) is 0 Å². The summed E-state index contributed by atoms with van der Waals surface area (Å²) in [6.07, 6.45) is 3.00. The maximum Gasteiger partial charge on any atom is 0.137 e. The topological polar surface area (TPSA) is 55.9 Å². The van der Waals surface area contributed by atoms with Crippen LogP contribution in [0.4, 0.5) is 0 Å². The van der Waals surface area contributed by atoms with Gasteiger partial charge in [0.2, 0.25) is 0 Å². The van der Waals surface area contributed by atoms with Gasteiger partial charge in [-0.3, -0.25) is 4.68 Å². The maximum atomic E-state index is 6.43. The molecule has 0 aliphatic rings. The highest BCUT2D eigenvalue weighted by Gasteiger charge is 2.20. The van der Waals surface area contributed by atoms with E-state index < -0.39 is 0 Å². The van der Waals surface area contributed by atoms with Crippen LogP contribution in [0.25, 0.3) is 11.3 Å². The SMILES string of the molecule is Cc1noc(C)c1CCNCc1cn(C(C)(C)C)nc1-c1ccccc1Cl. The van der Waals surface area contributed by atoms with Crippen LogP contribution in [0.15, 0.2) is 35.0 Å². The zero-order chi connectivity index (χ0) is 19.6. The summed E-state index contributed by atoms with van der Waals surface area (Å²) in [7, 11) is 0. The highest BCUT2D eigenvalue weighted by molar-refractivity contribution is 6.33. The van der Waals surface area contributed by atoms with E-state index in [9.17, 15) is 0 Å². The summed E-state index contributed by atoms with van der Waals surface area (Å²) in [5.74, 6) is 0.895. The molecule has 0 amide bonds. The van der Waals surface area contributed by atoms with Gasteiger partial charge in [0.15, 0.2) is 0 Å². The number of rotatable bonds is 6. The van der Waals surface area contributed by atoms with E-state index in [2.05, 4.69) is 37.4 Å². The predicted octanol–water partition coefficient (Wildman–Crippen LogP) is 4.90. The van der Waals surface area contributed by atoms with Gasteiger partial charge in [0, 0.05) is 29.4 Å². The lowest BCUT2D eigenvalue weighted by molar-refractivity contribution is 0.356. The van der Waals surface area contributed by atoms with Crippen LogP contribution in [0.2, 0.25) is 5.02 Å². The van der Waals surface area contributed by atoms with E-state index in [4.69, 9.17) is 21.2 Å². The average molecular weight is 387 g/mol. The number of hydrogen-bond donors (Lipinski definition) is 1. The summed E-state index contributed by atoms with van der Waals surface area (Å²) < 4.78 is 7.25. The van der Waals surface area contributed by atoms with Gasteiger partial charge < -0.3 is 9.84 Å². The monoisotopic (exact) mass is 386 g/mol. The first kappa shape index (κ1) is 19.6. The average Bonchev–Trinajstić information content (AvgIpc) is 3.17. The molecule has 2 aromatic heterocycles. The lowest BCUT2D eigenvalue weighted by atomic mass is 10.1. The molecule has 0 aliphatic heterocycles.